The van der Waals surface area contributed by atoms with Gasteiger partial charge in [-0.2, -0.15) is 5.10 Å². The highest BCUT2D eigenvalue weighted by molar-refractivity contribution is 5.85. The number of hydrogen-bond acceptors (Lipinski definition) is 2. The van der Waals surface area contributed by atoms with E-state index in [1.165, 1.54) is 16.9 Å². The summed E-state index contributed by atoms with van der Waals surface area (Å²) in [6.45, 7) is 5.65. The SMILES string of the molecule is CC(C)(C)n1cc(C=O)c(-c2c(F)cccc2F)n1. The summed E-state index contributed by atoms with van der Waals surface area (Å²) in [4.78, 5) is 11.1. The number of aldehydes is 1. The molecule has 1 aromatic heterocycles. The first kappa shape index (κ1) is 13.4. The van der Waals surface area contributed by atoms with Crippen molar-refractivity contribution in [3.63, 3.8) is 0 Å². The molecule has 100 valence electrons. The first-order chi connectivity index (χ1) is 8.84. The highest BCUT2D eigenvalue weighted by Gasteiger charge is 2.22. The lowest BCUT2D eigenvalue weighted by Crippen LogP contribution is -2.22. The molecule has 0 saturated heterocycles. The van der Waals surface area contributed by atoms with E-state index in [4.69, 9.17) is 0 Å². The van der Waals surface area contributed by atoms with Crippen molar-refractivity contribution in [2.75, 3.05) is 0 Å². The number of nitrogens with zero attached hydrogens (tertiary/aromatic N) is 2. The summed E-state index contributed by atoms with van der Waals surface area (Å²) in [5.74, 6) is -1.47. The maximum Gasteiger partial charge on any atom is 0.153 e. The first-order valence-corrected chi connectivity index (χ1v) is 5.84. The molecule has 1 heterocycles. The Morgan fingerprint density at radius 3 is 2.26 bits per heavy atom. The molecule has 0 atom stereocenters. The van der Waals surface area contributed by atoms with E-state index in [-0.39, 0.29) is 22.4 Å². The summed E-state index contributed by atoms with van der Waals surface area (Å²) >= 11 is 0. The van der Waals surface area contributed by atoms with Gasteiger partial charge in [0.1, 0.15) is 17.3 Å². The van der Waals surface area contributed by atoms with Crippen LogP contribution in [0.3, 0.4) is 0 Å². The molecule has 0 aliphatic rings. The first-order valence-electron chi connectivity index (χ1n) is 5.84. The molecule has 2 rings (SSSR count). The number of carbonyl (C=O) groups is 1. The highest BCUT2D eigenvalue weighted by Crippen LogP contribution is 2.28. The van der Waals surface area contributed by atoms with Crippen LogP contribution in [0.25, 0.3) is 11.3 Å². The van der Waals surface area contributed by atoms with E-state index < -0.39 is 11.6 Å². The number of aromatic nitrogens is 2. The molecule has 0 unspecified atom stereocenters. The third kappa shape index (κ3) is 2.41. The minimum Gasteiger partial charge on any atom is -0.298 e. The van der Waals surface area contributed by atoms with Gasteiger partial charge in [-0.05, 0) is 32.9 Å². The normalized spacial score (nSPS) is 11.6. The number of rotatable bonds is 2. The molecule has 0 bridgehead atoms. The Hall–Kier alpha value is -2.04. The van der Waals surface area contributed by atoms with Gasteiger partial charge >= 0.3 is 0 Å². The number of carbonyl (C=O) groups excluding carboxylic acids is 1. The molecular formula is C14H14F2N2O. The monoisotopic (exact) mass is 264 g/mol. The number of halogens is 2. The van der Waals surface area contributed by atoms with Crippen LogP contribution in [-0.4, -0.2) is 16.1 Å². The van der Waals surface area contributed by atoms with Gasteiger partial charge in [-0.1, -0.05) is 6.07 Å². The molecule has 0 N–H and O–H groups in total. The lowest BCUT2D eigenvalue weighted by Gasteiger charge is -2.18. The second kappa shape index (κ2) is 4.57. The van der Waals surface area contributed by atoms with E-state index in [0.29, 0.717) is 6.29 Å². The van der Waals surface area contributed by atoms with E-state index >= 15 is 0 Å². The number of benzene rings is 1. The fourth-order valence-electron chi connectivity index (χ4n) is 1.74. The summed E-state index contributed by atoms with van der Waals surface area (Å²) in [5.41, 5.74) is -0.454. The third-order valence-electron chi connectivity index (χ3n) is 2.76. The summed E-state index contributed by atoms with van der Waals surface area (Å²) in [6.07, 6.45) is 2.05. The van der Waals surface area contributed by atoms with Crippen molar-refractivity contribution in [1.29, 1.82) is 0 Å². The quantitative estimate of drug-likeness (QED) is 0.779. The maximum absolute atomic E-state index is 13.8. The van der Waals surface area contributed by atoms with Crippen LogP contribution in [-0.2, 0) is 5.54 Å². The summed E-state index contributed by atoms with van der Waals surface area (Å²) in [5, 5.41) is 4.15. The molecule has 3 nitrogen and oxygen atoms in total. The minimum atomic E-state index is -0.734. The van der Waals surface area contributed by atoms with Crippen molar-refractivity contribution in [3.8, 4) is 11.3 Å². The molecule has 0 aliphatic heterocycles. The molecule has 0 radical (unpaired) electrons. The third-order valence-corrected chi connectivity index (χ3v) is 2.76. The average Bonchev–Trinajstić information content (AvgIpc) is 2.72. The van der Waals surface area contributed by atoms with Gasteiger partial charge in [0.2, 0.25) is 0 Å². The second-order valence-electron chi connectivity index (χ2n) is 5.26. The molecule has 19 heavy (non-hydrogen) atoms. The van der Waals surface area contributed by atoms with Crippen molar-refractivity contribution in [3.05, 3.63) is 41.6 Å². The van der Waals surface area contributed by atoms with E-state index in [9.17, 15) is 13.6 Å². The Morgan fingerprint density at radius 2 is 1.79 bits per heavy atom. The van der Waals surface area contributed by atoms with Gasteiger partial charge in [0.15, 0.2) is 6.29 Å². The molecule has 2 aromatic rings. The lowest BCUT2D eigenvalue weighted by atomic mass is 10.1. The van der Waals surface area contributed by atoms with Gasteiger partial charge in [-0.3, -0.25) is 9.48 Å². The molecule has 5 heteroatoms. The summed E-state index contributed by atoms with van der Waals surface area (Å²) < 4.78 is 29.0. The van der Waals surface area contributed by atoms with Crippen molar-refractivity contribution in [2.45, 2.75) is 26.3 Å². The van der Waals surface area contributed by atoms with Crippen molar-refractivity contribution < 1.29 is 13.6 Å². The van der Waals surface area contributed by atoms with Crippen LogP contribution in [0.4, 0.5) is 8.78 Å². The van der Waals surface area contributed by atoms with Gasteiger partial charge in [0, 0.05) is 6.20 Å². The zero-order chi connectivity index (χ0) is 14.2. The van der Waals surface area contributed by atoms with E-state index in [0.717, 1.165) is 12.1 Å². The Kier molecular flexibility index (Phi) is 3.22. The Balaban J connectivity index is 2.69. The van der Waals surface area contributed by atoms with Crippen LogP contribution < -0.4 is 0 Å². The van der Waals surface area contributed by atoms with Crippen LogP contribution in [0.1, 0.15) is 31.1 Å². The Labute approximate surface area is 109 Å². The van der Waals surface area contributed by atoms with Crippen LogP contribution in [0.15, 0.2) is 24.4 Å². The van der Waals surface area contributed by atoms with Crippen LogP contribution in [0, 0.1) is 11.6 Å². The molecule has 0 amide bonds. The molecule has 0 spiro atoms. The molecular weight excluding hydrogens is 250 g/mol. The predicted octanol–water partition coefficient (Wildman–Crippen LogP) is 3.40. The van der Waals surface area contributed by atoms with Gasteiger partial charge in [0.05, 0.1) is 16.7 Å². The smallest absolute Gasteiger partial charge is 0.153 e. The Morgan fingerprint density at radius 1 is 1.21 bits per heavy atom. The predicted molar refractivity (Wildman–Crippen MR) is 68.0 cm³/mol. The standard InChI is InChI=1S/C14H14F2N2O/c1-14(2,3)18-7-9(8-19)13(17-18)12-10(15)5-4-6-11(12)16/h4-8H,1-3H3. The van der Waals surface area contributed by atoms with E-state index in [1.54, 1.807) is 0 Å². The van der Waals surface area contributed by atoms with Gasteiger partial charge in [-0.15, -0.1) is 0 Å². The van der Waals surface area contributed by atoms with Crippen LogP contribution >= 0.6 is 0 Å². The topological polar surface area (TPSA) is 34.9 Å². The van der Waals surface area contributed by atoms with E-state index in [2.05, 4.69) is 5.10 Å². The van der Waals surface area contributed by atoms with Crippen molar-refractivity contribution >= 4 is 6.29 Å². The van der Waals surface area contributed by atoms with E-state index in [1.807, 2.05) is 20.8 Å². The summed E-state index contributed by atoms with van der Waals surface area (Å²) in [7, 11) is 0. The van der Waals surface area contributed by atoms with Gasteiger partial charge in [-0.25, -0.2) is 8.78 Å². The zero-order valence-corrected chi connectivity index (χ0v) is 10.9. The zero-order valence-electron chi connectivity index (χ0n) is 10.9. The second-order valence-corrected chi connectivity index (χ2v) is 5.26. The van der Waals surface area contributed by atoms with Crippen molar-refractivity contribution in [2.24, 2.45) is 0 Å². The largest absolute Gasteiger partial charge is 0.298 e. The molecule has 0 fully saturated rings. The lowest BCUT2D eigenvalue weighted by molar-refractivity contribution is 0.112. The maximum atomic E-state index is 13.8. The minimum absolute atomic E-state index is 0.0283. The summed E-state index contributed by atoms with van der Waals surface area (Å²) in [6, 6.07) is 3.56. The fourth-order valence-corrected chi connectivity index (χ4v) is 1.74. The fraction of sp³-hybridized carbons (Fsp3) is 0.286. The van der Waals surface area contributed by atoms with Crippen molar-refractivity contribution in [1.82, 2.24) is 9.78 Å². The molecule has 0 aliphatic carbocycles. The van der Waals surface area contributed by atoms with Crippen LogP contribution in [0.5, 0.6) is 0 Å². The van der Waals surface area contributed by atoms with Crippen LogP contribution in [0.2, 0.25) is 0 Å². The molecule has 0 saturated carbocycles. The Bertz CT molecular complexity index is 607. The molecule has 1 aromatic carbocycles. The highest BCUT2D eigenvalue weighted by atomic mass is 19.1. The van der Waals surface area contributed by atoms with Gasteiger partial charge < -0.3 is 0 Å². The number of hydrogen-bond donors (Lipinski definition) is 0. The average molecular weight is 264 g/mol. The van der Waals surface area contributed by atoms with Gasteiger partial charge in [0.25, 0.3) is 0 Å².